The highest BCUT2D eigenvalue weighted by Gasteiger charge is 2.45. The van der Waals surface area contributed by atoms with Crippen molar-refractivity contribution in [3.05, 3.63) is 12.2 Å². The van der Waals surface area contributed by atoms with Gasteiger partial charge < -0.3 is 9.47 Å². The van der Waals surface area contributed by atoms with Crippen molar-refractivity contribution in [1.82, 2.24) is 5.01 Å². The van der Waals surface area contributed by atoms with Crippen molar-refractivity contribution in [2.75, 3.05) is 6.61 Å². The number of hydrogen-bond donors (Lipinski definition) is 0. The van der Waals surface area contributed by atoms with Crippen LogP contribution < -0.4 is 0 Å². The van der Waals surface area contributed by atoms with E-state index in [0.717, 1.165) is 18.0 Å². The van der Waals surface area contributed by atoms with Crippen LogP contribution in [0.25, 0.3) is 0 Å². The second-order valence-electron chi connectivity index (χ2n) is 6.87. The lowest BCUT2D eigenvalue weighted by Crippen LogP contribution is -2.46. The van der Waals surface area contributed by atoms with Gasteiger partial charge in [0.2, 0.25) is 6.23 Å². The van der Waals surface area contributed by atoms with Gasteiger partial charge in [0.25, 0.3) is 0 Å². The third kappa shape index (κ3) is 2.62. The number of aliphatic imine (C=N–C) groups is 1. The maximum Gasteiger partial charge on any atom is 0.510 e. The van der Waals surface area contributed by atoms with Gasteiger partial charge in [0.1, 0.15) is 5.84 Å². The van der Waals surface area contributed by atoms with Gasteiger partial charge in [0, 0.05) is 17.8 Å². The minimum atomic E-state index is -0.647. The summed E-state index contributed by atoms with van der Waals surface area (Å²) in [5, 5.41) is 6.77. The van der Waals surface area contributed by atoms with E-state index in [9.17, 15) is 4.79 Å². The van der Waals surface area contributed by atoms with Gasteiger partial charge in [-0.05, 0) is 13.3 Å². The second kappa shape index (κ2) is 5.41. The first-order valence-electron chi connectivity index (χ1n) is 7.84. The number of rotatable bonds is 2. The number of carbonyl (C=O) groups is 1. The minimum absolute atomic E-state index is 0.00910. The summed E-state index contributed by atoms with van der Waals surface area (Å²) < 4.78 is 10.3. The number of carbonyl (C=O) groups excluding carboxylic acids is 1. The summed E-state index contributed by atoms with van der Waals surface area (Å²) in [6, 6.07) is 0.117. The first kappa shape index (κ1) is 15.1. The van der Waals surface area contributed by atoms with Crippen LogP contribution in [0.2, 0.25) is 0 Å². The van der Waals surface area contributed by atoms with Crippen LogP contribution in [-0.2, 0) is 9.47 Å². The van der Waals surface area contributed by atoms with Gasteiger partial charge >= 0.3 is 6.16 Å². The van der Waals surface area contributed by atoms with E-state index in [-0.39, 0.29) is 17.4 Å². The van der Waals surface area contributed by atoms with Crippen LogP contribution in [-0.4, -0.2) is 41.6 Å². The lowest BCUT2D eigenvalue weighted by molar-refractivity contribution is -0.00558. The fourth-order valence-electron chi connectivity index (χ4n) is 3.02. The van der Waals surface area contributed by atoms with Crippen molar-refractivity contribution < 1.29 is 14.3 Å². The van der Waals surface area contributed by atoms with E-state index in [1.54, 1.807) is 6.92 Å². The molecule has 6 nitrogen and oxygen atoms in total. The predicted molar refractivity (Wildman–Crippen MR) is 83.7 cm³/mol. The highest BCUT2D eigenvalue weighted by molar-refractivity contribution is 6.09. The molecule has 120 valence electrons. The predicted octanol–water partition coefficient (Wildman–Crippen LogP) is 2.95. The molecule has 2 heterocycles. The molecular formula is C16H23N3O3. The molecule has 0 aromatic heterocycles. The average Bonchev–Trinajstić information content (AvgIpc) is 3.03. The third-order valence-electron chi connectivity index (χ3n) is 4.27. The smallest absolute Gasteiger partial charge is 0.435 e. The van der Waals surface area contributed by atoms with Crippen molar-refractivity contribution in [2.24, 2.45) is 21.4 Å². The molecule has 0 spiro atoms. The summed E-state index contributed by atoms with van der Waals surface area (Å²) in [6.07, 6.45) is 4.66. The normalized spacial score (nSPS) is 29.6. The highest BCUT2D eigenvalue weighted by atomic mass is 16.7. The Balaban J connectivity index is 1.84. The Hall–Kier alpha value is -1.85. The monoisotopic (exact) mass is 305 g/mol. The molecule has 0 amide bonds. The minimum Gasteiger partial charge on any atom is -0.435 e. The molecule has 0 saturated carbocycles. The van der Waals surface area contributed by atoms with Crippen LogP contribution in [0.4, 0.5) is 4.79 Å². The summed E-state index contributed by atoms with van der Waals surface area (Å²) in [5.41, 5.74) is 1.12. The molecule has 3 aliphatic rings. The number of nitrogens with zero attached hydrogens (tertiary/aromatic N) is 3. The molecule has 0 fully saturated rings. The van der Waals surface area contributed by atoms with Crippen LogP contribution in [0.3, 0.4) is 0 Å². The fraction of sp³-hybridized carbons (Fsp3) is 0.688. The van der Waals surface area contributed by atoms with Crippen LogP contribution in [0, 0.1) is 11.3 Å². The zero-order chi connectivity index (χ0) is 15.9. The van der Waals surface area contributed by atoms with Gasteiger partial charge in [-0.25, -0.2) is 14.8 Å². The molecule has 3 atom stereocenters. The van der Waals surface area contributed by atoms with Gasteiger partial charge in [0.15, 0.2) is 0 Å². The molecule has 0 aromatic carbocycles. The molecule has 22 heavy (non-hydrogen) atoms. The maximum absolute atomic E-state index is 11.6. The van der Waals surface area contributed by atoms with Gasteiger partial charge in [0.05, 0.1) is 18.4 Å². The van der Waals surface area contributed by atoms with E-state index in [4.69, 9.17) is 14.6 Å². The van der Waals surface area contributed by atoms with Crippen LogP contribution in [0.1, 0.15) is 40.5 Å². The molecule has 2 aliphatic heterocycles. The summed E-state index contributed by atoms with van der Waals surface area (Å²) in [7, 11) is 0. The lowest BCUT2D eigenvalue weighted by Gasteiger charge is -2.35. The summed E-state index contributed by atoms with van der Waals surface area (Å²) in [6.45, 7) is 8.52. The number of fused-ring (bicyclic) bond motifs is 3. The van der Waals surface area contributed by atoms with Crippen molar-refractivity contribution >= 4 is 17.7 Å². The maximum atomic E-state index is 11.6. The van der Waals surface area contributed by atoms with E-state index < -0.39 is 12.4 Å². The molecule has 0 radical (unpaired) electrons. The van der Waals surface area contributed by atoms with E-state index in [1.165, 1.54) is 0 Å². The Labute approximate surface area is 130 Å². The average molecular weight is 305 g/mol. The van der Waals surface area contributed by atoms with Crippen LogP contribution in [0.5, 0.6) is 0 Å². The molecule has 3 unspecified atom stereocenters. The Morgan fingerprint density at radius 2 is 2.23 bits per heavy atom. The number of hydrogen-bond acceptors (Lipinski definition) is 6. The van der Waals surface area contributed by atoms with Crippen LogP contribution >= 0.6 is 0 Å². The Morgan fingerprint density at radius 3 is 2.91 bits per heavy atom. The topological polar surface area (TPSA) is 63.5 Å². The Bertz CT molecular complexity index is 559. The number of amidine groups is 1. The zero-order valence-corrected chi connectivity index (χ0v) is 13.6. The van der Waals surface area contributed by atoms with Crippen molar-refractivity contribution in [1.29, 1.82) is 0 Å². The Morgan fingerprint density at radius 1 is 1.45 bits per heavy atom. The first-order chi connectivity index (χ1) is 10.4. The fourth-order valence-corrected chi connectivity index (χ4v) is 3.02. The van der Waals surface area contributed by atoms with Crippen molar-refractivity contribution in [2.45, 2.75) is 52.8 Å². The molecule has 3 rings (SSSR count). The second-order valence-corrected chi connectivity index (χ2v) is 6.87. The van der Waals surface area contributed by atoms with Gasteiger partial charge in [-0.15, -0.1) is 0 Å². The highest BCUT2D eigenvalue weighted by Crippen LogP contribution is 2.38. The lowest BCUT2D eigenvalue weighted by atomic mass is 9.88. The first-order valence-corrected chi connectivity index (χ1v) is 7.84. The van der Waals surface area contributed by atoms with Gasteiger partial charge in [-0.3, -0.25) is 0 Å². The number of allylic oxidation sites excluding steroid dienone is 1. The molecule has 0 N–H and O–H groups in total. The Kier molecular flexibility index (Phi) is 3.70. The standard InChI is InChI=1S/C16H23N3O3/c1-5-21-15(20)22-14-10-7-6-8-11(10)19-13(17-14)9-12(18-19)16(2,3)4/h6,8,10-11,14H,5,7,9H2,1-4H3. The van der Waals surface area contributed by atoms with Crippen LogP contribution in [0.15, 0.2) is 22.2 Å². The quantitative estimate of drug-likeness (QED) is 0.581. The van der Waals surface area contributed by atoms with E-state index in [1.807, 2.05) is 5.01 Å². The summed E-state index contributed by atoms with van der Waals surface area (Å²) in [5.74, 6) is 0.989. The number of ether oxygens (including phenoxy) is 2. The molecule has 6 heteroatoms. The SMILES string of the molecule is CCOC(=O)OC1N=C2CC(C(C)(C)C)=NN2C2C=CCC12. The molecule has 0 bridgehead atoms. The molecule has 1 aliphatic carbocycles. The zero-order valence-electron chi connectivity index (χ0n) is 13.6. The number of hydrazone groups is 1. The van der Waals surface area contributed by atoms with Gasteiger partial charge in [-0.2, -0.15) is 5.10 Å². The van der Waals surface area contributed by atoms with E-state index in [2.05, 4.69) is 37.9 Å². The van der Waals surface area contributed by atoms with E-state index >= 15 is 0 Å². The van der Waals surface area contributed by atoms with Gasteiger partial charge in [-0.1, -0.05) is 32.9 Å². The largest absolute Gasteiger partial charge is 0.510 e. The summed E-state index contributed by atoms with van der Waals surface area (Å²) in [4.78, 5) is 16.3. The molecule has 0 saturated heterocycles. The summed E-state index contributed by atoms with van der Waals surface area (Å²) >= 11 is 0. The van der Waals surface area contributed by atoms with Crippen molar-refractivity contribution in [3.8, 4) is 0 Å². The molecular weight excluding hydrogens is 282 g/mol. The van der Waals surface area contributed by atoms with Crippen molar-refractivity contribution in [3.63, 3.8) is 0 Å². The van der Waals surface area contributed by atoms with E-state index in [0.29, 0.717) is 13.0 Å². The molecule has 0 aromatic rings. The third-order valence-corrected chi connectivity index (χ3v) is 4.27.